The van der Waals surface area contributed by atoms with Crippen LogP contribution in [0.25, 0.3) is 0 Å². The summed E-state index contributed by atoms with van der Waals surface area (Å²) in [5.41, 5.74) is 0. The van der Waals surface area contributed by atoms with E-state index in [0.717, 1.165) is 38.9 Å². The van der Waals surface area contributed by atoms with Crippen molar-refractivity contribution in [1.29, 1.82) is 0 Å². The molecule has 1 saturated heterocycles. The van der Waals surface area contributed by atoms with Crippen molar-refractivity contribution < 1.29 is 19.0 Å². The molecule has 4 heteroatoms. The first-order valence-electron chi connectivity index (χ1n) is 6.56. The Bertz CT molecular complexity index is 209. The minimum absolute atomic E-state index is 0.0363. The number of rotatable bonds is 8. The van der Waals surface area contributed by atoms with Gasteiger partial charge in [0.25, 0.3) is 0 Å². The summed E-state index contributed by atoms with van der Waals surface area (Å²) in [4.78, 5) is 11.1. The Labute approximate surface area is 104 Å². The molecule has 1 aliphatic heterocycles. The monoisotopic (exact) mass is 244 g/mol. The molecule has 1 rings (SSSR count). The van der Waals surface area contributed by atoms with E-state index in [9.17, 15) is 4.79 Å². The van der Waals surface area contributed by atoms with Crippen molar-refractivity contribution in [3.63, 3.8) is 0 Å². The molecular formula is C13H24O4. The molecule has 0 aliphatic carbocycles. The van der Waals surface area contributed by atoms with Gasteiger partial charge in [-0.1, -0.05) is 13.8 Å². The third kappa shape index (κ3) is 6.64. The first-order chi connectivity index (χ1) is 8.20. The second kappa shape index (κ2) is 8.48. The third-order valence-electron chi connectivity index (χ3n) is 2.73. The van der Waals surface area contributed by atoms with Gasteiger partial charge in [-0.3, -0.25) is 4.79 Å². The van der Waals surface area contributed by atoms with Crippen LogP contribution in [-0.4, -0.2) is 38.5 Å². The molecule has 0 radical (unpaired) electrons. The summed E-state index contributed by atoms with van der Waals surface area (Å²) < 4.78 is 16.0. The predicted molar refractivity (Wildman–Crippen MR) is 64.8 cm³/mol. The molecule has 0 saturated carbocycles. The molecule has 1 aliphatic rings. The third-order valence-corrected chi connectivity index (χ3v) is 2.73. The number of esters is 1. The second-order valence-corrected chi connectivity index (χ2v) is 4.74. The quantitative estimate of drug-likeness (QED) is 0.485. The van der Waals surface area contributed by atoms with Crippen molar-refractivity contribution in [2.75, 3.05) is 26.4 Å². The molecule has 0 bridgehead atoms. The van der Waals surface area contributed by atoms with Gasteiger partial charge >= 0.3 is 5.97 Å². The Morgan fingerprint density at radius 1 is 1.35 bits per heavy atom. The van der Waals surface area contributed by atoms with Crippen LogP contribution in [0.2, 0.25) is 0 Å². The van der Waals surface area contributed by atoms with Crippen molar-refractivity contribution in [2.45, 2.75) is 45.6 Å². The summed E-state index contributed by atoms with van der Waals surface area (Å²) in [6.07, 6.45) is 4.36. The second-order valence-electron chi connectivity index (χ2n) is 4.74. The molecule has 0 spiro atoms. The highest BCUT2D eigenvalue weighted by Gasteiger charge is 2.14. The molecule has 1 heterocycles. The SMILES string of the molecule is CC(C)C(=O)OCCCCOCC1CCCO1. The van der Waals surface area contributed by atoms with Gasteiger partial charge in [0.05, 0.1) is 25.2 Å². The van der Waals surface area contributed by atoms with E-state index in [2.05, 4.69) is 0 Å². The van der Waals surface area contributed by atoms with Crippen molar-refractivity contribution in [2.24, 2.45) is 5.92 Å². The van der Waals surface area contributed by atoms with Crippen molar-refractivity contribution in [1.82, 2.24) is 0 Å². The number of ether oxygens (including phenoxy) is 3. The van der Waals surface area contributed by atoms with Crippen LogP contribution in [-0.2, 0) is 19.0 Å². The smallest absolute Gasteiger partial charge is 0.308 e. The van der Waals surface area contributed by atoms with E-state index in [4.69, 9.17) is 14.2 Å². The molecule has 100 valence electrons. The van der Waals surface area contributed by atoms with E-state index >= 15 is 0 Å². The number of carbonyl (C=O) groups excluding carboxylic acids is 1. The molecule has 0 aromatic rings. The molecule has 1 atom stereocenters. The minimum Gasteiger partial charge on any atom is -0.465 e. The van der Waals surface area contributed by atoms with E-state index in [0.29, 0.717) is 19.3 Å². The first-order valence-corrected chi connectivity index (χ1v) is 6.56. The molecule has 0 amide bonds. The van der Waals surface area contributed by atoms with Crippen molar-refractivity contribution in [3.05, 3.63) is 0 Å². The van der Waals surface area contributed by atoms with Gasteiger partial charge in [0.15, 0.2) is 0 Å². The Morgan fingerprint density at radius 3 is 2.76 bits per heavy atom. The van der Waals surface area contributed by atoms with Gasteiger partial charge in [0.2, 0.25) is 0 Å². The topological polar surface area (TPSA) is 44.8 Å². The maximum Gasteiger partial charge on any atom is 0.308 e. The van der Waals surface area contributed by atoms with Gasteiger partial charge in [-0.2, -0.15) is 0 Å². The molecule has 0 N–H and O–H groups in total. The standard InChI is InChI=1S/C13H24O4/c1-11(2)13(14)17-8-4-3-7-15-10-12-6-5-9-16-12/h11-12H,3-10H2,1-2H3. The van der Waals surface area contributed by atoms with E-state index in [1.54, 1.807) is 0 Å². The highest BCUT2D eigenvalue weighted by Crippen LogP contribution is 2.12. The largest absolute Gasteiger partial charge is 0.465 e. The lowest BCUT2D eigenvalue weighted by molar-refractivity contribution is -0.147. The molecule has 17 heavy (non-hydrogen) atoms. The molecule has 0 aromatic carbocycles. The molecule has 1 unspecified atom stereocenters. The van der Waals surface area contributed by atoms with Crippen LogP contribution in [0.5, 0.6) is 0 Å². The van der Waals surface area contributed by atoms with E-state index in [1.165, 1.54) is 0 Å². The number of carbonyl (C=O) groups is 1. The van der Waals surface area contributed by atoms with Crippen LogP contribution < -0.4 is 0 Å². The molecule has 0 aromatic heterocycles. The zero-order chi connectivity index (χ0) is 12.5. The summed E-state index contributed by atoms with van der Waals surface area (Å²) in [6.45, 7) is 6.48. The maximum absolute atomic E-state index is 11.1. The average molecular weight is 244 g/mol. The zero-order valence-electron chi connectivity index (χ0n) is 10.9. The molecular weight excluding hydrogens is 220 g/mol. The fraction of sp³-hybridized carbons (Fsp3) is 0.923. The lowest BCUT2D eigenvalue weighted by Gasteiger charge is -2.10. The van der Waals surface area contributed by atoms with Crippen LogP contribution in [0.4, 0.5) is 0 Å². The lowest BCUT2D eigenvalue weighted by atomic mass is 10.2. The van der Waals surface area contributed by atoms with Gasteiger partial charge in [0, 0.05) is 13.2 Å². The van der Waals surface area contributed by atoms with Crippen molar-refractivity contribution >= 4 is 5.97 Å². The predicted octanol–water partition coefficient (Wildman–Crippen LogP) is 2.16. The van der Waals surface area contributed by atoms with Gasteiger partial charge < -0.3 is 14.2 Å². The van der Waals surface area contributed by atoms with E-state index in [1.807, 2.05) is 13.8 Å². The van der Waals surface area contributed by atoms with Gasteiger partial charge in [-0.05, 0) is 25.7 Å². The fourth-order valence-electron chi connectivity index (χ4n) is 1.64. The Hall–Kier alpha value is -0.610. The summed E-state index contributed by atoms with van der Waals surface area (Å²) in [5, 5.41) is 0. The summed E-state index contributed by atoms with van der Waals surface area (Å²) >= 11 is 0. The summed E-state index contributed by atoms with van der Waals surface area (Å²) in [6, 6.07) is 0. The van der Waals surface area contributed by atoms with Gasteiger partial charge in [-0.15, -0.1) is 0 Å². The first kappa shape index (κ1) is 14.5. The number of hydrogen-bond acceptors (Lipinski definition) is 4. The highest BCUT2D eigenvalue weighted by atomic mass is 16.5. The molecule has 1 fully saturated rings. The number of hydrogen-bond donors (Lipinski definition) is 0. The van der Waals surface area contributed by atoms with Gasteiger partial charge in [-0.25, -0.2) is 0 Å². The van der Waals surface area contributed by atoms with Crippen LogP contribution in [0.3, 0.4) is 0 Å². The van der Waals surface area contributed by atoms with Crippen LogP contribution in [0.15, 0.2) is 0 Å². The fourth-order valence-corrected chi connectivity index (χ4v) is 1.64. The average Bonchev–Trinajstić information content (AvgIpc) is 2.80. The van der Waals surface area contributed by atoms with Crippen LogP contribution in [0, 0.1) is 5.92 Å². The summed E-state index contributed by atoms with van der Waals surface area (Å²) in [5.74, 6) is -0.156. The minimum atomic E-state index is -0.120. The highest BCUT2D eigenvalue weighted by molar-refractivity contribution is 5.71. The van der Waals surface area contributed by atoms with Crippen LogP contribution in [0.1, 0.15) is 39.5 Å². The Balaban J connectivity index is 1.82. The normalized spacial score (nSPS) is 19.8. The molecule has 4 nitrogen and oxygen atoms in total. The van der Waals surface area contributed by atoms with E-state index in [-0.39, 0.29) is 11.9 Å². The zero-order valence-corrected chi connectivity index (χ0v) is 10.9. The van der Waals surface area contributed by atoms with Crippen molar-refractivity contribution in [3.8, 4) is 0 Å². The lowest BCUT2D eigenvalue weighted by Crippen LogP contribution is -2.15. The Morgan fingerprint density at radius 2 is 2.12 bits per heavy atom. The maximum atomic E-state index is 11.1. The van der Waals surface area contributed by atoms with Crippen LogP contribution >= 0.6 is 0 Å². The Kier molecular flexibility index (Phi) is 7.21. The van der Waals surface area contributed by atoms with Gasteiger partial charge in [0.1, 0.15) is 0 Å². The summed E-state index contributed by atoms with van der Waals surface area (Å²) in [7, 11) is 0. The van der Waals surface area contributed by atoms with E-state index < -0.39 is 0 Å². The number of unbranched alkanes of at least 4 members (excludes halogenated alkanes) is 1.